The lowest BCUT2D eigenvalue weighted by Crippen LogP contribution is -2.32. The Bertz CT molecular complexity index is 1350. The van der Waals surface area contributed by atoms with Crippen LogP contribution in [0, 0.1) is 0 Å². The monoisotopic (exact) mass is 449 g/mol. The molecule has 0 fully saturated rings. The summed E-state index contributed by atoms with van der Waals surface area (Å²) in [4.78, 5) is 13.4. The first-order chi connectivity index (χ1) is 16.7. The van der Waals surface area contributed by atoms with Gasteiger partial charge in [-0.25, -0.2) is 4.79 Å². The number of esters is 1. The van der Waals surface area contributed by atoms with E-state index in [4.69, 9.17) is 14.2 Å². The van der Waals surface area contributed by atoms with Gasteiger partial charge in [-0.3, -0.25) is 0 Å². The topological polar surface area (TPSA) is 56.8 Å². The molecule has 0 saturated carbocycles. The lowest BCUT2D eigenvalue weighted by atomic mass is 9.77. The Hall–Kier alpha value is -4.25. The van der Waals surface area contributed by atoms with Gasteiger partial charge >= 0.3 is 5.97 Å². The zero-order chi connectivity index (χ0) is 23.1. The third-order valence-corrected chi connectivity index (χ3v) is 6.31. The number of anilines is 1. The van der Waals surface area contributed by atoms with Gasteiger partial charge in [0.2, 0.25) is 0 Å². The summed E-state index contributed by atoms with van der Waals surface area (Å²) in [6.45, 7) is 3.08. The molecule has 2 heterocycles. The van der Waals surface area contributed by atoms with Gasteiger partial charge in [0.05, 0.1) is 11.3 Å². The summed E-state index contributed by atoms with van der Waals surface area (Å²) in [5.74, 6) is 1.63. The zero-order valence-electron chi connectivity index (χ0n) is 18.7. The number of rotatable bonds is 5. The number of ether oxygens (including phenoxy) is 3. The molecule has 6 rings (SSSR count). The standard InChI is InChI=1S/C29H23NO4/c1-2-30-24-17-20(32-18-19-10-4-3-5-11-19)16-23-27(24)28(31)34-29(23)21-12-6-8-14-25(21)33-26-15-9-7-13-22(26)29/h3-17,30H,2,18H2,1H3. The molecule has 168 valence electrons. The summed E-state index contributed by atoms with van der Waals surface area (Å²) < 4.78 is 18.7. The summed E-state index contributed by atoms with van der Waals surface area (Å²) >= 11 is 0. The second-order valence-corrected chi connectivity index (χ2v) is 8.36. The van der Waals surface area contributed by atoms with Crippen LogP contribution in [0.1, 0.15) is 39.5 Å². The van der Waals surface area contributed by atoms with Crippen LogP contribution < -0.4 is 14.8 Å². The van der Waals surface area contributed by atoms with Crippen molar-refractivity contribution in [1.29, 1.82) is 0 Å². The van der Waals surface area contributed by atoms with E-state index < -0.39 is 5.60 Å². The van der Waals surface area contributed by atoms with Gasteiger partial charge in [0, 0.05) is 29.3 Å². The number of carbonyl (C=O) groups is 1. The maximum Gasteiger partial charge on any atom is 0.342 e. The van der Waals surface area contributed by atoms with Crippen molar-refractivity contribution in [3.63, 3.8) is 0 Å². The minimum absolute atomic E-state index is 0.368. The van der Waals surface area contributed by atoms with E-state index >= 15 is 0 Å². The van der Waals surface area contributed by atoms with Crippen LogP contribution in [-0.4, -0.2) is 12.5 Å². The predicted molar refractivity (Wildman–Crippen MR) is 130 cm³/mol. The SMILES string of the molecule is CCNc1cc(OCc2ccccc2)cc2c1C(=O)OC21c2ccccc2Oc2ccccc21. The van der Waals surface area contributed by atoms with Crippen molar-refractivity contribution in [1.82, 2.24) is 0 Å². The molecule has 0 aliphatic carbocycles. The summed E-state index contributed by atoms with van der Waals surface area (Å²) in [6, 6.07) is 29.2. The van der Waals surface area contributed by atoms with Crippen LogP contribution in [0.4, 0.5) is 5.69 Å². The molecule has 0 saturated heterocycles. The average molecular weight is 450 g/mol. The molecule has 0 amide bonds. The highest BCUT2D eigenvalue weighted by Crippen LogP contribution is 2.57. The number of benzene rings is 4. The maximum atomic E-state index is 13.4. The molecule has 1 N–H and O–H groups in total. The fraction of sp³-hybridized carbons (Fsp3) is 0.138. The van der Waals surface area contributed by atoms with Crippen LogP contribution in [0.5, 0.6) is 17.2 Å². The fourth-order valence-corrected chi connectivity index (χ4v) is 4.87. The molecule has 0 aromatic heterocycles. The van der Waals surface area contributed by atoms with Crippen molar-refractivity contribution in [2.45, 2.75) is 19.1 Å². The van der Waals surface area contributed by atoms with Gasteiger partial charge in [-0.1, -0.05) is 66.7 Å². The van der Waals surface area contributed by atoms with Gasteiger partial charge in [0.25, 0.3) is 0 Å². The number of carbonyl (C=O) groups excluding carboxylic acids is 1. The van der Waals surface area contributed by atoms with E-state index in [0.717, 1.165) is 22.3 Å². The lowest BCUT2D eigenvalue weighted by Gasteiger charge is -2.36. The molecule has 0 radical (unpaired) electrons. The van der Waals surface area contributed by atoms with Gasteiger partial charge in [-0.2, -0.15) is 0 Å². The number of para-hydroxylation sites is 2. The zero-order valence-corrected chi connectivity index (χ0v) is 18.7. The number of hydrogen-bond acceptors (Lipinski definition) is 5. The smallest absolute Gasteiger partial charge is 0.342 e. The molecule has 1 spiro atoms. The molecule has 5 heteroatoms. The first-order valence-electron chi connectivity index (χ1n) is 11.4. The van der Waals surface area contributed by atoms with E-state index in [0.29, 0.717) is 41.7 Å². The highest BCUT2D eigenvalue weighted by Gasteiger charge is 2.54. The Morgan fingerprint density at radius 1 is 0.824 bits per heavy atom. The van der Waals surface area contributed by atoms with E-state index in [1.165, 1.54) is 0 Å². The van der Waals surface area contributed by atoms with E-state index in [1.807, 2.05) is 97.9 Å². The van der Waals surface area contributed by atoms with Crippen molar-refractivity contribution < 1.29 is 19.0 Å². The molecule has 2 aliphatic rings. The minimum Gasteiger partial charge on any atom is -0.489 e. The third kappa shape index (κ3) is 3.05. The molecule has 5 nitrogen and oxygen atoms in total. The minimum atomic E-state index is -1.12. The van der Waals surface area contributed by atoms with Crippen LogP contribution in [0.15, 0.2) is 91.0 Å². The molecule has 0 bridgehead atoms. The van der Waals surface area contributed by atoms with Crippen LogP contribution in [0.25, 0.3) is 0 Å². The first kappa shape index (κ1) is 20.4. The number of hydrogen-bond donors (Lipinski definition) is 1. The summed E-state index contributed by atoms with van der Waals surface area (Å²) in [5.41, 5.74) is 3.52. The molecule has 34 heavy (non-hydrogen) atoms. The normalized spacial score (nSPS) is 14.4. The Kier molecular flexibility index (Phi) is 4.77. The third-order valence-electron chi connectivity index (χ3n) is 6.31. The Morgan fingerprint density at radius 2 is 1.47 bits per heavy atom. The highest BCUT2D eigenvalue weighted by atomic mass is 16.6. The Morgan fingerprint density at radius 3 is 2.15 bits per heavy atom. The van der Waals surface area contributed by atoms with Gasteiger partial charge < -0.3 is 19.5 Å². The van der Waals surface area contributed by atoms with Crippen LogP contribution in [0.3, 0.4) is 0 Å². The molecule has 4 aromatic carbocycles. The van der Waals surface area contributed by atoms with Crippen LogP contribution >= 0.6 is 0 Å². The molecular weight excluding hydrogens is 426 g/mol. The predicted octanol–water partition coefficient (Wildman–Crippen LogP) is 6.27. The summed E-state index contributed by atoms with van der Waals surface area (Å²) in [6.07, 6.45) is 0. The average Bonchev–Trinajstić information content (AvgIpc) is 3.17. The highest BCUT2D eigenvalue weighted by molar-refractivity contribution is 6.02. The van der Waals surface area contributed by atoms with Crippen molar-refractivity contribution >= 4 is 11.7 Å². The van der Waals surface area contributed by atoms with Crippen molar-refractivity contribution in [3.05, 3.63) is 119 Å². The number of fused-ring (bicyclic) bond motifs is 6. The Labute approximate surface area is 197 Å². The van der Waals surface area contributed by atoms with Gasteiger partial charge in [-0.15, -0.1) is 0 Å². The second kappa shape index (κ2) is 7.96. The molecule has 2 aliphatic heterocycles. The van der Waals surface area contributed by atoms with E-state index in [1.54, 1.807) is 0 Å². The van der Waals surface area contributed by atoms with E-state index in [2.05, 4.69) is 5.32 Å². The maximum absolute atomic E-state index is 13.4. The molecular formula is C29H23NO4. The second-order valence-electron chi connectivity index (χ2n) is 8.36. The quantitative estimate of drug-likeness (QED) is 0.364. The lowest BCUT2D eigenvalue weighted by molar-refractivity contribution is 0.0224. The van der Waals surface area contributed by atoms with Crippen molar-refractivity contribution in [2.75, 3.05) is 11.9 Å². The van der Waals surface area contributed by atoms with E-state index in [-0.39, 0.29) is 5.97 Å². The van der Waals surface area contributed by atoms with Gasteiger partial charge in [0.1, 0.15) is 23.9 Å². The van der Waals surface area contributed by atoms with Crippen LogP contribution in [0.2, 0.25) is 0 Å². The van der Waals surface area contributed by atoms with Gasteiger partial charge in [0.15, 0.2) is 5.60 Å². The summed E-state index contributed by atoms with van der Waals surface area (Å²) in [7, 11) is 0. The molecule has 4 aromatic rings. The number of nitrogens with one attached hydrogen (secondary N) is 1. The Balaban J connectivity index is 1.56. The van der Waals surface area contributed by atoms with Crippen LogP contribution in [-0.2, 0) is 16.9 Å². The van der Waals surface area contributed by atoms with Gasteiger partial charge in [-0.05, 0) is 30.7 Å². The molecule has 0 atom stereocenters. The van der Waals surface area contributed by atoms with Crippen molar-refractivity contribution in [3.8, 4) is 17.2 Å². The largest absolute Gasteiger partial charge is 0.489 e. The molecule has 0 unspecified atom stereocenters. The summed E-state index contributed by atoms with van der Waals surface area (Å²) in [5, 5.41) is 3.33. The van der Waals surface area contributed by atoms with Crippen molar-refractivity contribution in [2.24, 2.45) is 0 Å². The first-order valence-corrected chi connectivity index (χ1v) is 11.4. The van der Waals surface area contributed by atoms with E-state index in [9.17, 15) is 4.79 Å². The fourth-order valence-electron chi connectivity index (χ4n) is 4.87.